The van der Waals surface area contributed by atoms with Crippen LogP contribution in [0.3, 0.4) is 0 Å². The summed E-state index contributed by atoms with van der Waals surface area (Å²) in [5.41, 5.74) is 2.74. The zero-order chi connectivity index (χ0) is 24.8. The molecule has 178 valence electrons. The number of hydrogen-bond acceptors (Lipinski definition) is 7. The van der Waals surface area contributed by atoms with Crippen LogP contribution in [0, 0.1) is 0 Å². The van der Waals surface area contributed by atoms with Gasteiger partial charge >= 0.3 is 5.97 Å². The molecule has 1 fully saturated rings. The predicted molar refractivity (Wildman–Crippen MR) is 134 cm³/mol. The molecule has 3 aromatic carbocycles. The summed E-state index contributed by atoms with van der Waals surface area (Å²) in [7, 11) is 0. The topological polar surface area (TPSA) is 102 Å². The van der Waals surface area contributed by atoms with Crippen LogP contribution in [0.2, 0.25) is 0 Å². The lowest BCUT2D eigenvalue weighted by Gasteiger charge is -2.11. The van der Waals surface area contributed by atoms with E-state index < -0.39 is 11.2 Å². The maximum Gasteiger partial charge on any atom is 0.338 e. The van der Waals surface area contributed by atoms with Crippen molar-refractivity contribution in [3.8, 4) is 17.2 Å². The molecule has 1 saturated heterocycles. The first-order valence-electron chi connectivity index (χ1n) is 11.0. The third-order valence-corrected chi connectivity index (χ3v) is 6.19. The molecular weight excluding hydrogens is 466 g/mol. The van der Waals surface area contributed by atoms with Gasteiger partial charge in [-0.25, -0.2) is 4.79 Å². The van der Waals surface area contributed by atoms with E-state index in [9.17, 15) is 19.5 Å². The van der Waals surface area contributed by atoms with Crippen LogP contribution >= 0.6 is 11.8 Å². The van der Waals surface area contributed by atoms with Gasteiger partial charge in [-0.15, -0.1) is 0 Å². The Morgan fingerprint density at radius 1 is 0.971 bits per heavy atom. The monoisotopic (exact) mass is 489 g/mol. The summed E-state index contributed by atoms with van der Waals surface area (Å²) in [5.74, 6) is 0.645. The maximum absolute atomic E-state index is 12.6. The lowest BCUT2D eigenvalue weighted by Crippen LogP contribution is -2.25. The quantitative estimate of drug-likeness (QED) is 0.255. The van der Waals surface area contributed by atoms with Crippen LogP contribution in [0.5, 0.6) is 17.2 Å². The number of rotatable bonds is 8. The van der Waals surface area contributed by atoms with Gasteiger partial charge < -0.3 is 14.6 Å². The SMILES string of the molecule is CCOC(=O)/C(=C/c1ccc(O)cc1)c1ccc(Oc2ccc(CC3SC(=O)NC3=O)cc2)cc1. The largest absolute Gasteiger partial charge is 0.508 e. The fourth-order valence-electron chi connectivity index (χ4n) is 3.48. The number of esters is 1. The van der Waals surface area contributed by atoms with Gasteiger partial charge in [-0.1, -0.05) is 48.2 Å². The molecule has 7 nitrogen and oxygen atoms in total. The molecule has 8 heteroatoms. The number of phenolic OH excluding ortho intramolecular Hbond substituents is 1. The van der Waals surface area contributed by atoms with Crippen LogP contribution in [0.4, 0.5) is 4.79 Å². The molecule has 0 saturated carbocycles. The van der Waals surface area contributed by atoms with Crippen molar-refractivity contribution in [3.05, 3.63) is 89.5 Å². The molecule has 1 aliphatic rings. The first-order chi connectivity index (χ1) is 16.9. The minimum absolute atomic E-state index is 0.146. The van der Waals surface area contributed by atoms with Gasteiger partial charge in [0, 0.05) is 0 Å². The van der Waals surface area contributed by atoms with Crippen LogP contribution in [-0.4, -0.2) is 34.1 Å². The number of imide groups is 1. The lowest BCUT2D eigenvalue weighted by atomic mass is 10.0. The maximum atomic E-state index is 12.6. The van der Waals surface area contributed by atoms with Crippen molar-refractivity contribution in [1.29, 1.82) is 0 Å². The molecule has 1 atom stereocenters. The molecular formula is C27H23NO6S. The van der Waals surface area contributed by atoms with Crippen LogP contribution in [-0.2, 0) is 20.7 Å². The summed E-state index contributed by atoms with van der Waals surface area (Å²) < 4.78 is 11.1. The number of hydrogen-bond donors (Lipinski definition) is 2. The molecule has 1 aliphatic heterocycles. The Bertz CT molecular complexity index is 1250. The molecule has 0 radical (unpaired) electrons. The van der Waals surface area contributed by atoms with E-state index in [-0.39, 0.29) is 23.5 Å². The minimum Gasteiger partial charge on any atom is -0.508 e. The van der Waals surface area contributed by atoms with E-state index >= 15 is 0 Å². The van der Waals surface area contributed by atoms with Crippen molar-refractivity contribution in [2.24, 2.45) is 0 Å². The number of carbonyl (C=O) groups excluding carboxylic acids is 3. The van der Waals surface area contributed by atoms with Crippen molar-refractivity contribution in [1.82, 2.24) is 5.32 Å². The third kappa shape index (κ3) is 6.30. The first-order valence-corrected chi connectivity index (χ1v) is 11.9. The van der Waals surface area contributed by atoms with Gasteiger partial charge in [0.1, 0.15) is 17.2 Å². The average Bonchev–Trinajstić information content (AvgIpc) is 3.17. The summed E-state index contributed by atoms with van der Waals surface area (Å²) in [6, 6.07) is 20.9. The standard InChI is InChI=1S/C27H23NO6S/c1-2-33-26(31)23(15-17-3-9-20(29)10-4-17)19-7-13-22(14-8-19)34-21-11-5-18(6-12-21)16-24-25(30)28-27(32)35-24/h3-15,24,29H,2,16H2,1H3,(H,28,30,32)/b23-15+. The van der Waals surface area contributed by atoms with E-state index in [1.54, 1.807) is 73.7 Å². The number of nitrogens with one attached hydrogen (secondary N) is 1. The van der Waals surface area contributed by atoms with Crippen LogP contribution in [0.15, 0.2) is 72.8 Å². The molecule has 0 aliphatic carbocycles. The van der Waals surface area contributed by atoms with Crippen molar-refractivity contribution in [2.45, 2.75) is 18.6 Å². The molecule has 0 aromatic heterocycles. The van der Waals surface area contributed by atoms with Crippen LogP contribution < -0.4 is 10.1 Å². The number of carbonyl (C=O) groups is 3. The van der Waals surface area contributed by atoms with Crippen molar-refractivity contribution in [2.75, 3.05) is 6.61 Å². The Kier molecular flexibility index (Phi) is 7.52. The number of aromatic hydroxyl groups is 1. The molecule has 2 N–H and O–H groups in total. The van der Waals surface area contributed by atoms with Crippen molar-refractivity contribution < 1.29 is 29.0 Å². The van der Waals surface area contributed by atoms with Gasteiger partial charge in [-0.3, -0.25) is 14.9 Å². The Hall–Kier alpha value is -4.04. The number of amides is 2. The first kappa shape index (κ1) is 24.1. The highest BCUT2D eigenvalue weighted by Crippen LogP contribution is 2.28. The Morgan fingerprint density at radius 2 is 1.60 bits per heavy atom. The number of ether oxygens (including phenoxy) is 2. The third-order valence-electron chi connectivity index (χ3n) is 5.21. The molecule has 0 bridgehead atoms. The Morgan fingerprint density at radius 3 is 2.17 bits per heavy atom. The van der Waals surface area contributed by atoms with Gasteiger partial charge in [0.15, 0.2) is 0 Å². The lowest BCUT2D eigenvalue weighted by molar-refractivity contribution is -0.136. The average molecular weight is 490 g/mol. The van der Waals surface area contributed by atoms with E-state index in [1.165, 1.54) is 0 Å². The number of thioether (sulfide) groups is 1. The molecule has 4 rings (SSSR count). The zero-order valence-electron chi connectivity index (χ0n) is 18.9. The second kappa shape index (κ2) is 10.9. The summed E-state index contributed by atoms with van der Waals surface area (Å²) >= 11 is 1.01. The fourth-order valence-corrected chi connectivity index (χ4v) is 4.34. The van der Waals surface area contributed by atoms with E-state index in [1.807, 2.05) is 12.1 Å². The summed E-state index contributed by atoms with van der Waals surface area (Å²) in [6.07, 6.45) is 2.17. The summed E-state index contributed by atoms with van der Waals surface area (Å²) in [5, 5.41) is 11.1. The predicted octanol–water partition coefficient (Wildman–Crippen LogP) is 5.18. The highest BCUT2D eigenvalue weighted by atomic mass is 32.2. The summed E-state index contributed by atoms with van der Waals surface area (Å²) in [6.45, 7) is 2.00. The van der Waals surface area contributed by atoms with Crippen molar-refractivity contribution in [3.63, 3.8) is 0 Å². The minimum atomic E-state index is -0.444. The Labute approximate surface area is 206 Å². The van der Waals surface area contributed by atoms with Crippen LogP contribution in [0.25, 0.3) is 11.6 Å². The molecule has 3 aromatic rings. The second-order valence-corrected chi connectivity index (χ2v) is 8.90. The van der Waals surface area contributed by atoms with E-state index in [4.69, 9.17) is 9.47 Å². The highest BCUT2D eigenvalue weighted by Gasteiger charge is 2.31. The smallest absolute Gasteiger partial charge is 0.338 e. The van der Waals surface area contributed by atoms with Gasteiger partial charge in [0.25, 0.3) is 5.24 Å². The van der Waals surface area contributed by atoms with Crippen molar-refractivity contribution >= 4 is 40.5 Å². The van der Waals surface area contributed by atoms with Gasteiger partial charge in [0.05, 0.1) is 17.4 Å². The molecule has 2 amide bonds. The molecule has 35 heavy (non-hydrogen) atoms. The normalized spacial score (nSPS) is 15.6. The van der Waals surface area contributed by atoms with Gasteiger partial charge in [-0.05, 0) is 72.5 Å². The number of benzene rings is 3. The Balaban J connectivity index is 1.46. The molecule has 1 heterocycles. The fraction of sp³-hybridized carbons (Fsp3) is 0.148. The number of phenols is 1. The van der Waals surface area contributed by atoms with Gasteiger partial charge in [-0.2, -0.15) is 0 Å². The second-order valence-electron chi connectivity index (χ2n) is 7.73. The van der Waals surface area contributed by atoms with Gasteiger partial charge in [0.2, 0.25) is 5.91 Å². The van der Waals surface area contributed by atoms with Crippen LogP contribution in [0.1, 0.15) is 23.6 Å². The van der Waals surface area contributed by atoms with E-state index in [0.29, 0.717) is 29.1 Å². The highest BCUT2D eigenvalue weighted by molar-refractivity contribution is 8.15. The van der Waals surface area contributed by atoms with E-state index in [0.717, 1.165) is 22.9 Å². The zero-order valence-corrected chi connectivity index (χ0v) is 19.7. The van der Waals surface area contributed by atoms with E-state index in [2.05, 4.69) is 5.32 Å². The molecule has 0 spiro atoms. The summed E-state index contributed by atoms with van der Waals surface area (Å²) in [4.78, 5) is 35.6. The molecule has 1 unspecified atom stereocenters.